The van der Waals surface area contributed by atoms with Gasteiger partial charge in [0, 0.05) is 11.8 Å². The molecule has 0 aromatic heterocycles. The molecule has 4 rings (SSSR count). The average Bonchev–Trinajstić information content (AvgIpc) is 2.68. The number of nitrogens with zero attached hydrogens (tertiary/aromatic N) is 1. The molecule has 2 aromatic rings. The second-order valence-corrected chi connectivity index (χ2v) is 11.4. The molecule has 3 atom stereocenters. The van der Waals surface area contributed by atoms with Gasteiger partial charge in [-0.2, -0.15) is 11.8 Å². The van der Waals surface area contributed by atoms with Gasteiger partial charge in [0.25, 0.3) is 10.0 Å². The van der Waals surface area contributed by atoms with Crippen molar-refractivity contribution in [1.29, 1.82) is 0 Å². The largest absolute Gasteiger partial charge is 0.266 e. The van der Waals surface area contributed by atoms with E-state index >= 15 is 0 Å². The fourth-order valence-corrected chi connectivity index (χ4v) is 7.86. The molecule has 3 nitrogen and oxygen atoms in total. The summed E-state index contributed by atoms with van der Waals surface area (Å²) in [5.74, 6) is 2.02. The normalized spacial score (nSPS) is 24.5. The summed E-state index contributed by atoms with van der Waals surface area (Å²) in [6.07, 6.45) is 3.45. The Balaban J connectivity index is 1.82. The topological polar surface area (TPSA) is 37.4 Å². The molecule has 150 valence electrons. The summed E-state index contributed by atoms with van der Waals surface area (Å²) >= 11 is 2.04. The molecule has 0 aliphatic carbocycles. The first kappa shape index (κ1) is 19.8. The third-order valence-corrected chi connectivity index (χ3v) is 9.44. The molecule has 0 saturated carbocycles. The van der Waals surface area contributed by atoms with Gasteiger partial charge in [-0.1, -0.05) is 48.7 Å². The molecule has 0 amide bonds. The summed E-state index contributed by atoms with van der Waals surface area (Å²) in [6, 6.07) is 13.5. The summed E-state index contributed by atoms with van der Waals surface area (Å²) < 4.78 is 28.9. The van der Waals surface area contributed by atoms with Gasteiger partial charge in [0.05, 0.1) is 10.6 Å². The Hall–Kier alpha value is -1.46. The number of hydrogen-bond acceptors (Lipinski definition) is 3. The maximum atomic E-state index is 13.6. The summed E-state index contributed by atoms with van der Waals surface area (Å²) in [5, 5.41) is 0.535. The lowest BCUT2D eigenvalue weighted by atomic mass is 9.77. The Morgan fingerprint density at radius 2 is 1.79 bits per heavy atom. The van der Waals surface area contributed by atoms with Crippen molar-refractivity contribution in [3.05, 3.63) is 59.2 Å². The van der Waals surface area contributed by atoms with Crippen LogP contribution in [0.25, 0.3) is 0 Å². The molecule has 0 radical (unpaired) electrons. The lowest BCUT2D eigenvalue weighted by Crippen LogP contribution is -2.46. The minimum absolute atomic E-state index is 0.383. The number of fused-ring (bicyclic) bond motifs is 3. The van der Waals surface area contributed by atoms with Crippen LogP contribution in [-0.2, 0) is 10.0 Å². The van der Waals surface area contributed by atoms with Crippen LogP contribution in [0, 0.1) is 19.8 Å². The molecule has 0 N–H and O–H groups in total. The van der Waals surface area contributed by atoms with Crippen molar-refractivity contribution in [3.63, 3.8) is 0 Å². The first-order valence-electron chi connectivity index (χ1n) is 10.2. The number of thioether (sulfide) groups is 1. The summed E-state index contributed by atoms with van der Waals surface area (Å²) in [4.78, 5) is 0.388. The van der Waals surface area contributed by atoms with Gasteiger partial charge >= 0.3 is 0 Å². The van der Waals surface area contributed by atoms with Crippen molar-refractivity contribution in [2.24, 2.45) is 5.92 Å². The van der Waals surface area contributed by atoms with Crippen LogP contribution in [-0.4, -0.2) is 26.0 Å². The van der Waals surface area contributed by atoms with Crippen molar-refractivity contribution in [2.45, 2.75) is 56.1 Å². The minimum atomic E-state index is -3.57. The molecule has 28 heavy (non-hydrogen) atoms. The number of rotatable bonds is 4. The maximum absolute atomic E-state index is 13.6. The second-order valence-electron chi connectivity index (χ2n) is 8.17. The smallest absolute Gasteiger partial charge is 0.264 e. The fraction of sp³-hybridized carbons (Fsp3) is 0.478. The van der Waals surface area contributed by atoms with Crippen LogP contribution < -0.4 is 4.31 Å². The molecule has 0 unspecified atom stereocenters. The van der Waals surface area contributed by atoms with Crippen LogP contribution in [0.4, 0.5) is 5.69 Å². The molecule has 1 saturated heterocycles. The van der Waals surface area contributed by atoms with Crippen molar-refractivity contribution in [2.75, 3.05) is 16.6 Å². The summed E-state index contributed by atoms with van der Waals surface area (Å²) in [5.41, 5.74) is 4.39. The number of sulfonamides is 1. The van der Waals surface area contributed by atoms with Crippen LogP contribution in [0.2, 0.25) is 0 Å². The monoisotopic (exact) mass is 415 g/mol. The van der Waals surface area contributed by atoms with Gasteiger partial charge in [-0.05, 0) is 68.0 Å². The highest BCUT2D eigenvalue weighted by molar-refractivity contribution is 8.00. The number of hydrogen-bond donors (Lipinski definition) is 0. The minimum Gasteiger partial charge on any atom is -0.266 e. The molecule has 2 aromatic carbocycles. The van der Waals surface area contributed by atoms with Crippen LogP contribution >= 0.6 is 11.8 Å². The summed E-state index contributed by atoms with van der Waals surface area (Å²) in [6.45, 7) is 6.90. The zero-order chi connectivity index (χ0) is 19.9. The summed E-state index contributed by atoms with van der Waals surface area (Å²) in [7, 11) is -3.57. The van der Waals surface area contributed by atoms with E-state index in [0.29, 0.717) is 28.5 Å². The molecule has 2 heterocycles. The Labute approximate surface area is 173 Å². The van der Waals surface area contributed by atoms with Gasteiger partial charge in [-0.15, -0.1) is 0 Å². The molecular formula is C23H29NO2S2. The molecule has 1 fully saturated rings. The van der Waals surface area contributed by atoms with Gasteiger partial charge in [-0.3, -0.25) is 4.31 Å². The SMILES string of the molecule is CCC[C@H]1SCC[C@H]2c3cc(C)ccc3N(S(=O)(=O)c3ccc(C)cc3)C[C@H]12. The lowest BCUT2D eigenvalue weighted by Gasteiger charge is -2.46. The van der Waals surface area contributed by atoms with E-state index in [4.69, 9.17) is 0 Å². The lowest BCUT2D eigenvalue weighted by molar-refractivity contribution is 0.370. The van der Waals surface area contributed by atoms with E-state index < -0.39 is 10.0 Å². The van der Waals surface area contributed by atoms with Gasteiger partial charge in [0.1, 0.15) is 0 Å². The van der Waals surface area contributed by atoms with Crippen molar-refractivity contribution in [3.8, 4) is 0 Å². The standard InChI is InChI=1S/C23H29NO2S2/c1-4-5-23-21-15-24(28(25,26)18-9-6-16(2)7-10-18)22-11-8-17(3)14-20(22)19(21)12-13-27-23/h6-11,14,19,21,23H,4-5,12-13,15H2,1-3H3/t19-,21-,23+/m0/s1. The first-order chi connectivity index (χ1) is 13.4. The molecular weight excluding hydrogens is 386 g/mol. The van der Waals surface area contributed by atoms with Crippen LogP contribution in [0.1, 0.15) is 48.8 Å². The van der Waals surface area contributed by atoms with E-state index in [1.807, 2.05) is 43.0 Å². The van der Waals surface area contributed by atoms with E-state index in [1.54, 1.807) is 16.4 Å². The van der Waals surface area contributed by atoms with E-state index in [1.165, 1.54) is 16.9 Å². The van der Waals surface area contributed by atoms with Gasteiger partial charge in [0.2, 0.25) is 0 Å². The van der Waals surface area contributed by atoms with Gasteiger partial charge in [-0.25, -0.2) is 8.42 Å². The van der Waals surface area contributed by atoms with E-state index in [0.717, 1.165) is 30.5 Å². The fourth-order valence-electron chi connectivity index (χ4n) is 4.71. The highest BCUT2D eigenvalue weighted by Gasteiger charge is 2.43. The number of aryl methyl sites for hydroxylation is 2. The first-order valence-corrected chi connectivity index (χ1v) is 12.7. The van der Waals surface area contributed by atoms with Crippen LogP contribution in [0.15, 0.2) is 47.4 Å². The zero-order valence-corrected chi connectivity index (χ0v) is 18.5. The molecule has 0 spiro atoms. The van der Waals surface area contributed by atoms with E-state index in [2.05, 4.69) is 19.9 Å². The zero-order valence-electron chi connectivity index (χ0n) is 16.9. The highest BCUT2D eigenvalue weighted by atomic mass is 32.2. The Kier molecular flexibility index (Phi) is 5.49. The predicted molar refractivity (Wildman–Crippen MR) is 119 cm³/mol. The van der Waals surface area contributed by atoms with Crippen LogP contribution in [0.3, 0.4) is 0 Å². The van der Waals surface area contributed by atoms with Crippen molar-refractivity contribution in [1.82, 2.24) is 0 Å². The molecule has 2 aliphatic heterocycles. The molecule has 2 aliphatic rings. The van der Waals surface area contributed by atoms with Crippen molar-refractivity contribution < 1.29 is 8.42 Å². The molecule has 5 heteroatoms. The van der Waals surface area contributed by atoms with Gasteiger partial charge < -0.3 is 0 Å². The number of benzene rings is 2. The number of anilines is 1. The Bertz CT molecular complexity index is 951. The quantitative estimate of drug-likeness (QED) is 0.660. The average molecular weight is 416 g/mol. The second kappa shape index (κ2) is 7.75. The van der Waals surface area contributed by atoms with Crippen LogP contribution in [0.5, 0.6) is 0 Å². The Morgan fingerprint density at radius 1 is 1.07 bits per heavy atom. The van der Waals surface area contributed by atoms with Gasteiger partial charge in [0.15, 0.2) is 0 Å². The Morgan fingerprint density at radius 3 is 2.50 bits per heavy atom. The molecule has 0 bridgehead atoms. The third-order valence-electron chi connectivity index (χ3n) is 6.17. The predicted octanol–water partition coefficient (Wildman–Crippen LogP) is 5.52. The van der Waals surface area contributed by atoms with Crippen molar-refractivity contribution >= 4 is 27.5 Å². The third kappa shape index (κ3) is 3.48. The highest BCUT2D eigenvalue weighted by Crippen LogP contribution is 2.50. The van der Waals surface area contributed by atoms with E-state index in [9.17, 15) is 8.42 Å². The maximum Gasteiger partial charge on any atom is 0.264 e. The van der Waals surface area contributed by atoms with E-state index in [-0.39, 0.29) is 0 Å².